The third kappa shape index (κ3) is 7.73. The van der Waals surface area contributed by atoms with Crippen molar-refractivity contribution in [1.82, 2.24) is 10.3 Å². The summed E-state index contributed by atoms with van der Waals surface area (Å²) in [6.45, 7) is 3.49. The number of aromatic nitrogens is 1. The van der Waals surface area contributed by atoms with E-state index in [1.54, 1.807) is 32.2 Å². The number of hydrogen-bond donors (Lipinski definition) is 3. The van der Waals surface area contributed by atoms with Gasteiger partial charge in [-0.2, -0.15) is 0 Å². The van der Waals surface area contributed by atoms with Crippen molar-refractivity contribution in [1.29, 1.82) is 0 Å². The molecule has 3 rings (SSSR count). The van der Waals surface area contributed by atoms with Crippen LogP contribution in [-0.2, 0) is 20.8 Å². The number of anilines is 1. The molecule has 2 amide bonds. The van der Waals surface area contributed by atoms with Crippen LogP contribution >= 0.6 is 11.6 Å². The summed E-state index contributed by atoms with van der Waals surface area (Å²) in [6, 6.07) is 9.89. The summed E-state index contributed by atoms with van der Waals surface area (Å²) in [7, 11) is 3.12. The number of carbonyl (C=O) groups is 3. The number of aryl methyl sites for hydroxylation is 1. The van der Waals surface area contributed by atoms with Gasteiger partial charge >= 0.3 is 0 Å². The van der Waals surface area contributed by atoms with Gasteiger partial charge in [-0.15, -0.1) is 0 Å². The maximum absolute atomic E-state index is 13.2. The number of methoxy groups -OCH3 is 2. The van der Waals surface area contributed by atoms with Gasteiger partial charge in [-0.25, -0.2) is 0 Å². The average Bonchev–Trinajstić information content (AvgIpc) is 3.16. The van der Waals surface area contributed by atoms with Gasteiger partial charge in [0.05, 0.1) is 25.7 Å². The van der Waals surface area contributed by atoms with Crippen LogP contribution in [0.1, 0.15) is 50.3 Å². The van der Waals surface area contributed by atoms with Crippen molar-refractivity contribution in [2.24, 2.45) is 0 Å². The van der Waals surface area contributed by atoms with Crippen molar-refractivity contribution in [3.8, 4) is 11.5 Å². The monoisotopic (exact) mass is 527 g/mol. The number of amides is 2. The highest BCUT2D eigenvalue weighted by Crippen LogP contribution is 2.28. The second-order valence-corrected chi connectivity index (χ2v) is 9.48. The Morgan fingerprint density at radius 1 is 1.03 bits per heavy atom. The smallest absolute Gasteiger partial charge is 0.246 e. The third-order valence-electron chi connectivity index (χ3n) is 6.26. The predicted octanol–water partition coefficient (Wildman–Crippen LogP) is 5.35. The molecule has 0 aliphatic rings. The van der Waals surface area contributed by atoms with Crippen LogP contribution in [0, 0.1) is 6.92 Å². The Kier molecular flexibility index (Phi) is 9.97. The fraction of sp³-hybridized carbons (Fsp3) is 0.393. The van der Waals surface area contributed by atoms with Crippen molar-refractivity contribution >= 4 is 45.8 Å². The molecule has 37 heavy (non-hydrogen) atoms. The molecular weight excluding hydrogens is 494 g/mol. The number of fused-ring (bicyclic) bond motifs is 1. The molecule has 0 unspecified atom stereocenters. The first kappa shape index (κ1) is 28.1. The maximum Gasteiger partial charge on any atom is 0.246 e. The molecule has 0 saturated carbocycles. The molecule has 0 bridgehead atoms. The Balaban J connectivity index is 1.72. The van der Waals surface area contributed by atoms with Crippen LogP contribution in [0.2, 0.25) is 5.02 Å². The van der Waals surface area contributed by atoms with E-state index in [2.05, 4.69) is 15.6 Å². The Morgan fingerprint density at radius 3 is 2.49 bits per heavy atom. The zero-order chi connectivity index (χ0) is 26.9. The zero-order valence-corrected chi connectivity index (χ0v) is 22.5. The number of benzene rings is 2. The number of unbranched alkanes of at least 4 members (excludes halogenated alkanes) is 2. The Morgan fingerprint density at radius 2 is 1.81 bits per heavy atom. The van der Waals surface area contributed by atoms with Crippen LogP contribution in [-0.4, -0.2) is 42.8 Å². The SMILES string of the molecule is COc1ccc2[nH]c(C)c(CC(=O)N[C@@H](CCCCCC(C)=O)C(=O)Nc3ccc(OC)c(Cl)c3)c2c1. The number of Topliss-reactive ketones (excluding diaryl/α,β-unsaturated/α-hetero) is 1. The standard InChI is InChI=1S/C28H34ClN3O5/c1-17(33)8-6-5-7-9-25(28(35)31-19-10-13-26(37-4)23(29)14-19)32-27(34)16-21-18(2)30-24-12-11-20(36-3)15-22(21)24/h10-15,25,30H,5-9,16H2,1-4H3,(H,31,35)(H,32,34)/t25-/m0/s1. The van der Waals surface area contributed by atoms with Crippen molar-refractivity contribution in [3.63, 3.8) is 0 Å². The third-order valence-corrected chi connectivity index (χ3v) is 6.55. The lowest BCUT2D eigenvalue weighted by molar-refractivity contribution is -0.126. The molecule has 0 fully saturated rings. The van der Waals surface area contributed by atoms with Gasteiger partial charge in [-0.1, -0.05) is 24.4 Å². The summed E-state index contributed by atoms with van der Waals surface area (Å²) in [5, 5.41) is 7.03. The summed E-state index contributed by atoms with van der Waals surface area (Å²) < 4.78 is 10.5. The molecule has 3 aromatic rings. The van der Waals surface area contributed by atoms with E-state index in [0.29, 0.717) is 41.5 Å². The second kappa shape index (κ2) is 13.1. The van der Waals surface area contributed by atoms with Gasteiger partial charge in [0, 0.05) is 28.7 Å². The van der Waals surface area contributed by atoms with E-state index < -0.39 is 6.04 Å². The first-order valence-electron chi connectivity index (χ1n) is 12.3. The second-order valence-electron chi connectivity index (χ2n) is 9.08. The van der Waals surface area contributed by atoms with Gasteiger partial charge in [-0.3, -0.25) is 9.59 Å². The minimum atomic E-state index is -0.745. The van der Waals surface area contributed by atoms with Gasteiger partial charge in [0.15, 0.2) is 0 Å². The van der Waals surface area contributed by atoms with Gasteiger partial charge in [0.2, 0.25) is 11.8 Å². The van der Waals surface area contributed by atoms with Crippen molar-refractivity contribution in [2.75, 3.05) is 19.5 Å². The van der Waals surface area contributed by atoms with Crippen molar-refractivity contribution in [2.45, 2.75) is 58.4 Å². The van der Waals surface area contributed by atoms with Crippen LogP contribution in [0.15, 0.2) is 36.4 Å². The lowest BCUT2D eigenvalue weighted by Gasteiger charge is -2.19. The molecule has 0 radical (unpaired) electrons. The van der Waals surface area contributed by atoms with Crippen LogP contribution in [0.3, 0.4) is 0 Å². The van der Waals surface area contributed by atoms with Crippen molar-refractivity contribution < 1.29 is 23.9 Å². The van der Waals surface area contributed by atoms with E-state index in [4.69, 9.17) is 21.1 Å². The topological polar surface area (TPSA) is 110 Å². The number of ether oxygens (including phenoxy) is 2. The molecule has 3 N–H and O–H groups in total. The highest BCUT2D eigenvalue weighted by molar-refractivity contribution is 6.32. The molecule has 0 spiro atoms. The molecule has 8 nitrogen and oxygen atoms in total. The van der Waals surface area contributed by atoms with Crippen molar-refractivity contribution in [3.05, 3.63) is 52.7 Å². The first-order chi connectivity index (χ1) is 17.7. The molecular formula is C28H34ClN3O5. The van der Waals surface area contributed by atoms with Gasteiger partial charge < -0.3 is 29.9 Å². The Labute approximate surface area is 222 Å². The van der Waals surface area contributed by atoms with E-state index >= 15 is 0 Å². The number of rotatable bonds is 13. The molecule has 0 aliphatic heterocycles. The lowest BCUT2D eigenvalue weighted by Crippen LogP contribution is -2.44. The number of ketones is 1. The van der Waals surface area contributed by atoms with E-state index in [1.165, 1.54) is 7.11 Å². The molecule has 1 heterocycles. The molecule has 2 aromatic carbocycles. The number of nitrogens with one attached hydrogen (secondary N) is 3. The van der Waals surface area contributed by atoms with Gasteiger partial charge in [-0.05, 0) is 68.7 Å². The molecule has 198 valence electrons. The predicted molar refractivity (Wildman–Crippen MR) is 146 cm³/mol. The summed E-state index contributed by atoms with van der Waals surface area (Å²) in [5.41, 5.74) is 3.16. The lowest BCUT2D eigenvalue weighted by atomic mass is 10.0. The minimum absolute atomic E-state index is 0.113. The normalized spacial score (nSPS) is 11.7. The Hall–Kier alpha value is -3.52. The number of aromatic amines is 1. The summed E-state index contributed by atoms with van der Waals surface area (Å²) in [4.78, 5) is 40.8. The zero-order valence-electron chi connectivity index (χ0n) is 21.7. The van der Waals surface area contributed by atoms with E-state index in [1.807, 2.05) is 25.1 Å². The molecule has 1 atom stereocenters. The van der Waals surface area contributed by atoms with Crippen LogP contribution in [0.25, 0.3) is 10.9 Å². The maximum atomic E-state index is 13.2. The summed E-state index contributed by atoms with van der Waals surface area (Å²) in [6.07, 6.45) is 3.30. The largest absolute Gasteiger partial charge is 0.497 e. The highest BCUT2D eigenvalue weighted by atomic mass is 35.5. The van der Waals surface area contributed by atoms with E-state index in [0.717, 1.165) is 35.0 Å². The number of hydrogen-bond acceptors (Lipinski definition) is 5. The molecule has 9 heteroatoms. The van der Waals surface area contributed by atoms with Gasteiger partial charge in [0.25, 0.3) is 0 Å². The number of H-pyrrole nitrogens is 1. The minimum Gasteiger partial charge on any atom is -0.497 e. The van der Waals surface area contributed by atoms with Gasteiger partial charge in [0.1, 0.15) is 23.3 Å². The van der Waals surface area contributed by atoms with Crippen LogP contribution in [0.4, 0.5) is 5.69 Å². The highest BCUT2D eigenvalue weighted by Gasteiger charge is 2.22. The quantitative estimate of drug-likeness (QED) is 0.259. The Bertz CT molecular complexity index is 1270. The van der Waals surface area contributed by atoms with Crippen LogP contribution < -0.4 is 20.1 Å². The number of halogens is 1. The summed E-state index contributed by atoms with van der Waals surface area (Å²) in [5.74, 6) is 0.751. The first-order valence-corrected chi connectivity index (χ1v) is 12.7. The fourth-order valence-corrected chi connectivity index (χ4v) is 4.52. The molecule has 0 saturated heterocycles. The van der Waals surface area contributed by atoms with Crippen LogP contribution in [0.5, 0.6) is 11.5 Å². The fourth-order valence-electron chi connectivity index (χ4n) is 4.26. The molecule has 1 aromatic heterocycles. The van der Waals surface area contributed by atoms with E-state index in [9.17, 15) is 14.4 Å². The number of carbonyl (C=O) groups excluding carboxylic acids is 3. The summed E-state index contributed by atoms with van der Waals surface area (Å²) >= 11 is 6.20. The molecule has 0 aliphatic carbocycles. The average molecular weight is 528 g/mol. The van der Waals surface area contributed by atoms with E-state index in [-0.39, 0.29) is 24.0 Å².